The van der Waals surface area contributed by atoms with Crippen LogP contribution in [0.4, 0.5) is 0 Å². The molecule has 128 valence electrons. The number of para-hydroxylation sites is 1. The number of fused-ring (bicyclic) bond motifs is 1. The van der Waals surface area contributed by atoms with Crippen LogP contribution in [-0.2, 0) is 19.1 Å². The number of likely N-dealkylation sites (tertiary alicyclic amines) is 1. The number of rotatable bonds is 5. The smallest absolute Gasteiger partial charge is 0.329 e. The van der Waals surface area contributed by atoms with Gasteiger partial charge in [-0.2, -0.15) is 0 Å². The second kappa shape index (κ2) is 7.03. The molecule has 0 spiro atoms. The number of hydrogen-bond acceptors (Lipinski definition) is 5. The van der Waals surface area contributed by atoms with Crippen molar-refractivity contribution in [2.45, 2.75) is 25.8 Å². The molecule has 1 saturated carbocycles. The van der Waals surface area contributed by atoms with Gasteiger partial charge in [-0.3, -0.25) is 9.59 Å². The lowest BCUT2D eigenvalue weighted by Crippen LogP contribution is -2.46. The Bertz CT molecular complexity index is 630. The zero-order chi connectivity index (χ0) is 17.1. The van der Waals surface area contributed by atoms with E-state index in [-0.39, 0.29) is 43.3 Å². The molecule has 3 unspecified atom stereocenters. The van der Waals surface area contributed by atoms with Crippen molar-refractivity contribution in [3.05, 3.63) is 30.3 Å². The molecule has 6 heteroatoms. The average molecular weight is 331 g/mol. The highest BCUT2D eigenvalue weighted by Gasteiger charge is 2.53. The lowest BCUT2D eigenvalue weighted by Gasteiger charge is -2.25. The standard InChI is InChI=1S/C18H21NO5/c1-2-23-18(22)17-13-8-9-15(20)14(13)10-19(17)16(21)11-24-12-6-4-3-5-7-12/h3-7,13-14,17H,2,8-11H2,1H3. The Morgan fingerprint density at radius 1 is 1.25 bits per heavy atom. The molecule has 6 nitrogen and oxygen atoms in total. The van der Waals surface area contributed by atoms with Crippen LogP contribution in [0.2, 0.25) is 0 Å². The quantitative estimate of drug-likeness (QED) is 0.763. The summed E-state index contributed by atoms with van der Waals surface area (Å²) >= 11 is 0. The molecule has 3 atom stereocenters. The fourth-order valence-electron chi connectivity index (χ4n) is 3.64. The number of esters is 1. The van der Waals surface area contributed by atoms with E-state index in [0.717, 1.165) is 0 Å². The van der Waals surface area contributed by atoms with E-state index in [1.165, 1.54) is 4.90 Å². The molecule has 1 amide bonds. The number of hydrogen-bond donors (Lipinski definition) is 0. The van der Waals surface area contributed by atoms with Crippen LogP contribution in [0.15, 0.2) is 30.3 Å². The molecule has 0 N–H and O–H groups in total. The lowest BCUT2D eigenvalue weighted by molar-refractivity contribution is -0.155. The summed E-state index contributed by atoms with van der Waals surface area (Å²) in [5.74, 6) is -0.369. The van der Waals surface area contributed by atoms with Gasteiger partial charge < -0.3 is 14.4 Å². The van der Waals surface area contributed by atoms with Crippen LogP contribution in [0.3, 0.4) is 0 Å². The summed E-state index contributed by atoms with van der Waals surface area (Å²) in [7, 11) is 0. The van der Waals surface area contributed by atoms with Gasteiger partial charge in [-0.15, -0.1) is 0 Å². The number of ketones is 1. The fourth-order valence-corrected chi connectivity index (χ4v) is 3.64. The highest BCUT2D eigenvalue weighted by atomic mass is 16.5. The molecular formula is C18H21NO5. The van der Waals surface area contributed by atoms with E-state index in [2.05, 4.69) is 0 Å². The number of carbonyl (C=O) groups is 3. The number of amides is 1. The molecule has 1 heterocycles. The summed E-state index contributed by atoms with van der Waals surface area (Å²) in [6.45, 7) is 2.11. The Morgan fingerprint density at radius 2 is 2.00 bits per heavy atom. The first-order valence-electron chi connectivity index (χ1n) is 8.28. The maximum atomic E-state index is 12.6. The minimum Gasteiger partial charge on any atom is -0.484 e. The Morgan fingerprint density at radius 3 is 2.71 bits per heavy atom. The first-order valence-corrected chi connectivity index (χ1v) is 8.28. The summed E-state index contributed by atoms with van der Waals surface area (Å²) in [5.41, 5.74) is 0. The summed E-state index contributed by atoms with van der Waals surface area (Å²) in [6, 6.07) is 8.35. The summed E-state index contributed by atoms with van der Waals surface area (Å²) in [4.78, 5) is 38.3. The number of nitrogens with zero attached hydrogens (tertiary/aromatic N) is 1. The molecule has 24 heavy (non-hydrogen) atoms. The van der Waals surface area contributed by atoms with E-state index in [4.69, 9.17) is 9.47 Å². The first-order chi connectivity index (χ1) is 11.6. The third-order valence-corrected chi connectivity index (χ3v) is 4.74. The molecule has 2 aliphatic rings. The van der Waals surface area contributed by atoms with Crippen molar-refractivity contribution in [2.24, 2.45) is 11.8 Å². The van der Waals surface area contributed by atoms with E-state index in [0.29, 0.717) is 18.6 Å². The number of benzene rings is 1. The zero-order valence-corrected chi connectivity index (χ0v) is 13.6. The second-order valence-electron chi connectivity index (χ2n) is 6.12. The molecule has 0 radical (unpaired) electrons. The summed E-state index contributed by atoms with van der Waals surface area (Å²) in [5, 5.41) is 0. The van der Waals surface area contributed by atoms with E-state index in [1.807, 2.05) is 18.2 Å². The zero-order valence-electron chi connectivity index (χ0n) is 13.6. The van der Waals surface area contributed by atoms with Crippen molar-refractivity contribution < 1.29 is 23.9 Å². The van der Waals surface area contributed by atoms with Crippen molar-refractivity contribution >= 4 is 17.7 Å². The van der Waals surface area contributed by atoms with Crippen LogP contribution < -0.4 is 4.74 Å². The Kier molecular flexibility index (Phi) is 4.83. The third-order valence-electron chi connectivity index (χ3n) is 4.74. The van der Waals surface area contributed by atoms with E-state index in [1.54, 1.807) is 19.1 Å². The van der Waals surface area contributed by atoms with Gasteiger partial charge in [0, 0.05) is 24.8 Å². The van der Waals surface area contributed by atoms with Gasteiger partial charge in [0.15, 0.2) is 6.61 Å². The van der Waals surface area contributed by atoms with Gasteiger partial charge in [-0.05, 0) is 25.5 Å². The SMILES string of the molecule is CCOC(=O)C1C2CCC(=O)C2CN1C(=O)COc1ccccc1. The highest BCUT2D eigenvalue weighted by molar-refractivity contribution is 5.91. The summed E-state index contributed by atoms with van der Waals surface area (Å²) < 4.78 is 10.6. The molecule has 3 rings (SSSR count). The van der Waals surface area contributed by atoms with Crippen molar-refractivity contribution in [1.29, 1.82) is 0 Å². The predicted octanol–water partition coefficient (Wildman–Crippen LogP) is 1.43. The normalized spacial score (nSPS) is 25.5. The fraction of sp³-hybridized carbons (Fsp3) is 0.500. The maximum Gasteiger partial charge on any atom is 0.329 e. The topological polar surface area (TPSA) is 72.9 Å². The van der Waals surface area contributed by atoms with Crippen molar-refractivity contribution in [3.63, 3.8) is 0 Å². The van der Waals surface area contributed by atoms with Crippen LogP contribution in [-0.4, -0.2) is 48.4 Å². The third kappa shape index (κ3) is 3.13. The predicted molar refractivity (Wildman–Crippen MR) is 85.3 cm³/mol. The van der Waals surface area contributed by atoms with Gasteiger partial charge in [0.1, 0.15) is 17.6 Å². The van der Waals surface area contributed by atoms with Crippen LogP contribution in [0, 0.1) is 11.8 Å². The van der Waals surface area contributed by atoms with Gasteiger partial charge in [0.2, 0.25) is 0 Å². The van der Waals surface area contributed by atoms with Crippen LogP contribution in [0.5, 0.6) is 5.75 Å². The van der Waals surface area contributed by atoms with Crippen LogP contribution >= 0.6 is 0 Å². The van der Waals surface area contributed by atoms with Crippen molar-refractivity contribution in [1.82, 2.24) is 4.90 Å². The summed E-state index contributed by atoms with van der Waals surface area (Å²) in [6.07, 6.45) is 1.12. The lowest BCUT2D eigenvalue weighted by atomic mass is 9.94. The van der Waals surface area contributed by atoms with E-state index in [9.17, 15) is 14.4 Å². The first kappa shape index (κ1) is 16.5. The van der Waals surface area contributed by atoms with E-state index >= 15 is 0 Å². The second-order valence-corrected chi connectivity index (χ2v) is 6.12. The largest absolute Gasteiger partial charge is 0.484 e. The molecule has 1 aromatic carbocycles. The molecular weight excluding hydrogens is 310 g/mol. The maximum absolute atomic E-state index is 12.6. The molecule has 1 saturated heterocycles. The molecule has 0 bridgehead atoms. The Hall–Kier alpha value is -2.37. The van der Waals surface area contributed by atoms with Crippen LogP contribution in [0.1, 0.15) is 19.8 Å². The van der Waals surface area contributed by atoms with Crippen molar-refractivity contribution in [2.75, 3.05) is 19.8 Å². The number of Topliss-reactive ketones (excluding diaryl/α,β-unsaturated/α-hetero) is 1. The van der Waals surface area contributed by atoms with Gasteiger partial charge in [0.05, 0.1) is 6.61 Å². The molecule has 1 aliphatic heterocycles. The highest BCUT2D eigenvalue weighted by Crippen LogP contribution is 2.40. The van der Waals surface area contributed by atoms with Crippen molar-refractivity contribution in [3.8, 4) is 5.75 Å². The van der Waals surface area contributed by atoms with Gasteiger partial charge in [-0.25, -0.2) is 4.79 Å². The Labute approximate surface area is 140 Å². The minimum atomic E-state index is -0.673. The Balaban J connectivity index is 1.71. The van der Waals surface area contributed by atoms with Gasteiger partial charge in [0.25, 0.3) is 5.91 Å². The number of ether oxygens (including phenoxy) is 2. The molecule has 0 aromatic heterocycles. The average Bonchev–Trinajstić information content (AvgIpc) is 3.14. The van der Waals surface area contributed by atoms with Crippen LogP contribution in [0.25, 0.3) is 0 Å². The van der Waals surface area contributed by atoms with Gasteiger partial charge >= 0.3 is 5.97 Å². The number of carbonyl (C=O) groups excluding carboxylic acids is 3. The monoisotopic (exact) mass is 331 g/mol. The molecule has 1 aliphatic carbocycles. The molecule has 1 aromatic rings. The van der Waals surface area contributed by atoms with E-state index < -0.39 is 12.0 Å². The minimum absolute atomic E-state index is 0.128. The molecule has 2 fully saturated rings. The van der Waals surface area contributed by atoms with Gasteiger partial charge in [-0.1, -0.05) is 18.2 Å².